The SMILES string of the molecule is Cc1ccc2c(c1)nc(N)c1ncc(CCc3ccc(C(C)NCCN(C)C)cc3)cc12. The number of aromatic nitrogens is 2. The number of nitrogen functional groups attached to an aromatic ring is 1. The maximum absolute atomic E-state index is 6.19. The molecule has 32 heavy (non-hydrogen) atoms. The van der Waals surface area contributed by atoms with E-state index >= 15 is 0 Å². The molecule has 0 amide bonds. The second-order valence-electron chi connectivity index (χ2n) is 8.98. The number of likely N-dealkylation sites (N-methyl/N-ethyl adjacent to an activating group) is 1. The summed E-state index contributed by atoms with van der Waals surface area (Å²) in [4.78, 5) is 11.4. The summed E-state index contributed by atoms with van der Waals surface area (Å²) in [5.41, 5.74) is 13.0. The summed E-state index contributed by atoms with van der Waals surface area (Å²) in [6.45, 7) is 6.32. The van der Waals surface area contributed by atoms with Crippen molar-refractivity contribution in [2.45, 2.75) is 32.7 Å². The molecular weight excluding hydrogens is 394 g/mol. The minimum Gasteiger partial charge on any atom is -0.382 e. The smallest absolute Gasteiger partial charge is 0.150 e. The van der Waals surface area contributed by atoms with Crippen LogP contribution in [0, 0.1) is 6.92 Å². The predicted molar refractivity (Wildman–Crippen MR) is 135 cm³/mol. The number of anilines is 1. The largest absolute Gasteiger partial charge is 0.382 e. The van der Waals surface area contributed by atoms with E-state index in [9.17, 15) is 0 Å². The van der Waals surface area contributed by atoms with Crippen molar-refractivity contribution in [2.75, 3.05) is 32.9 Å². The maximum atomic E-state index is 6.19. The van der Waals surface area contributed by atoms with Crippen LogP contribution in [0.25, 0.3) is 21.8 Å². The Labute approximate surface area is 190 Å². The molecule has 5 heteroatoms. The fraction of sp³-hybridized carbons (Fsp3) is 0.333. The fourth-order valence-electron chi connectivity index (χ4n) is 4.08. The number of pyridine rings is 2. The van der Waals surface area contributed by atoms with Crippen LogP contribution in [0.3, 0.4) is 0 Å². The monoisotopic (exact) mass is 427 g/mol. The molecule has 0 fully saturated rings. The van der Waals surface area contributed by atoms with E-state index in [1.807, 2.05) is 6.20 Å². The Kier molecular flexibility index (Phi) is 6.68. The highest BCUT2D eigenvalue weighted by atomic mass is 15.1. The fourth-order valence-corrected chi connectivity index (χ4v) is 4.08. The van der Waals surface area contributed by atoms with Gasteiger partial charge in [-0.15, -0.1) is 0 Å². The Hall–Kier alpha value is -3.02. The second-order valence-corrected chi connectivity index (χ2v) is 8.98. The molecule has 2 aromatic carbocycles. The molecule has 1 unspecified atom stereocenters. The molecule has 0 saturated carbocycles. The summed E-state index contributed by atoms with van der Waals surface area (Å²) in [6.07, 6.45) is 3.85. The van der Waals surface area contributed by atoms with Crippen LogP contribution in [0.2, 0.25) is 0 Å². The van der Waals surface area contributed by atoms with E-state index in [0.29, 0.717) is 11.9 Å². The summed E-state index contributed by atoms with van der Waals surface area (Å²) < 4.78 is 0. The summed E-state index contributed by atoms with van der Waals surface area (Å²) in [7, 11) is 4.20. The van der Waals surface area contributed by atoms with Crippen LogP contribution in [-0.2, 0) is 12.8 Å². The van der Waals surface area contributed by atoms with Crippen molar-refractivity contribution in [3.63, 3.8) is 0 Å². The number of hydrogen-bond acceptors (Lipinski definition) is 5. The number of aryl methyl sites for hydroxylation is 3. The molecule has 0 saturated heterocycles. The lowest BCUT2D eigenvalue weighted by atomic mass is 10.0. The zero-order chi connectivity index (χ0) is 22.7. The molecule has 0 bridgehead atoms. The summed E-state index contributed by atoms with van der Waals surface area (Å²) >= 11 is 0. The molecule has 0 aliphatic rings. The van der Waals surface area contributed by atoms with Gasteiger partial charge in [-0.2, -0.15) is 0 Å². The van der Waals surface area contributed by atoms with E-state index < -0.39 is 0 Å². The van der Waals surface area contributed by atoms with Crippen molar-refractivity contribution in [2.24, 2.45) is 0 Å². The summed E-state index contributed by atoms with van der Waals surface area (Å²) in [6, 6.07) is 17.9. The third-order valence-corrected chi connectivity index (χ3v) is 6.06. The number of nitrogens with one attached hydrogen (secondary N) is 1. The molecule has 2 heterocycles. The van der Waals surface area contributed by atoms with Crippen molar-refractivity contribution < 1.29 is 0 Å². The van der Waals surface area contributed by atoms with Crippen LogP contribution in [0.4, 0.5) is 5.82 Å². The Bertz CT molecular complexity index is 1210. The van der Waals surface area contributed by atoms with Gasteiger partial charge < -0.3 is 16.0 Å². The third kappa shape index (κ3) is 5.06. The lowest BCUT2D eigenvalue weighted by Gasteiger charge is -2.17. The van der Waals surface area contributed by atoms with Crippen molar-refractivity contribution in [3.8, 4) is 0 Å². The van der Waals surface area contributed by atoms with E-state index in [-0.39, 0.29) is 0 Å². The first kappa shape index (κ1) is 22.2. The Morgan fingerprint density at radius 1 is 0.969 bits per heavy atom. The van der Waals surface area contributed by atoms with Crippen molar-refractivity contribution in [3.05, 3.63) is 77.0 Å². The van der Waals surface area contributed by atoms with Crippen LogP contribution >= 0.6 is 0 Å². The number of nitrogens with zero attached hydrogens (tertiary/aromatic N) is 3. The van der Waals surface area contributed by atoms with Gasteiger partial charge in [0.2, 0.25) is 0 Å². The first-order valence-corrected chi connectivity index (χ1v) is 11.3. The molecule has 4 rings (SSSR count). The van der Waals surface area contributed by atoms with Gasteiger partial charge in [-0.3, -0.25) is 4.98 Å². The van der Waals surface area contributed by atoms with E-state index in [0.717, 1.165) is 47.7 Å². The lowest BCUT2D eigenvalue weighted by molar-refractivity contribution is 0.389. The molecule has 1 atom stereocenters. The molecule has 4 aromatic rings. The van der Waals surface area contributed by atoms with Gasteiger partial charge >= 0.3 is 0 Å². The molecule has 166 valence electrons. The average molecular weight is 428 g/mol. The van der Waals surface area contributed by atoms with Gasteiger partial charge in [0, 0.05) is 36.1 Å². The topological polar surface area (TPSA) is 67.1 Å². The van der Waals surface area contributed by atoms with Crippen LogP contribution in [-0.4, -0.2) is 42.1 Å². The van der Waals surface area contributed by atoms with Gasteiger partial charge in [-0.1, -0.05) is 36.4 Å². The van der Waals surface area contributed by atoms with Crippen molar-refractivity contribution >= 4 is 27.6 Å². The highest BCUT2D eigenvalue weighted by molar-refractivity contribution is 6.08. The van der Waals surface area contributed by atoms with Crippen LogP contribution in [0.15, 0.2) is 54.7 Å². The number of nitrogens with two attached hydrogens (primary N) is 1. The van der Waals surface area contributed by atoms with Gasteiger partial charge in [0.1, 0.15) is 5.52 Å². The van der Waals surface area contributed by atoms with Gasteiger partial charge in [0.05, 0.1) is 5.52 Å². The molecular formula is C27H33N5. The molecule has 5 nitrogen and oxygen atoms in total. The second kappa shape index (κ2) is 9.63. The van der Waals surface area contributed by atoms with E-state index in [4.69, 9.17) is 5.73 Å². The molecule has 0 aliphatic heterocycles. The number of rotatable bonds is 8. The van der Waals surface area contributed by atoms with E-state index in [1.165, 1.54) is 22.3 Å². The molecule has 3 N–H and O–H groups in total. The average Bonchev–Trinajstić information content (AvgIpc) is 2.77. The van der Waals surface area contributed by atoms with E-state index in [2.05, 4.69) is 96.7 Å². The molecule has 0 spiro atoms. The lowest BCUT2D eigenvalue weighted by Crippen LogP contribution is -2.28. The van der Waals surface area contributed by atoms with Crippen molar-refractivity contribution in [1.29, 1.82) is 0 Å². The number of benzene rings is 2. The molecule has 0 aliphatic carbocycles. The Morgan fingerprint density at radius 2 is 1.72 bits per heavy atom. The standard InChI is InChI=1S/C27H33N5/c1-18-5-12-23-24-16-21(17-30-26(24)27(28)31-25(23)15-18)7-6-20-8-10-22(11-9-20)19(2)29-13-14-32(3)4/h5,8-12,15-17,19,29H,6-7,13-14H2,1-4H3,(H2,28,31). The first-order valence-electron chi connectivity index (χ1n) is 11.3. The minimum atomic E-state index is 0.352. The Morgan fingerprint density at radius 3 is 2.47 bits per heavy atom. The third-order valence-electron chi connectivity index (χ3n) is 6.06. The Balaban J connectivity index is 1.46. The quantitative estimate of drug-likeness (QED) is 0.400. The predicted octanol–water partition coefficient (Wildman–Crippen LogP) is 4.67. The normalized spacial score (nSPS) is 12.7. The molecule has 2 aromatic heterocycles. The maximum Gasteiger partial charge on any atom is 0.150 e. The van der Waals surface area contributed by atoms with Gasteiger partial charge in [0.15, 0.2) is 5.82 Å². The van der Waals surface area contributed by atoms with Crippen LogP contribution < -0.4 is 11.1 Å². The molecule has 0 radical (unpaired) electrons. The summed E-state index contributed by atoms with van der Waals surface area (Å²) in [5, 5.41) is 5.77. The minimum absolute atomic E-state index is 0.352. The number of fused-ring (bicyclic) bond motifs is 3. The highest BCUT2D eigenvalue weighted by Crippen LogP contribution is 2.28. The van der Waals surface area contributed by atoms with Gasteiger partial charge in [-0.05, 0) is 75.2 Å². The number of hydrogen-bond donors (Lipinski definition) is 2. The van der Waals surface area contributed by atoms with E-state index in [1.54, 1.807) is 0 Å². The first-order chi connectivity index (χ1) is 15.4. The summed E-state index contributed by atoms with van der Waals surface area (Å²) in [5.74, 6) is 0.494. The zero-order valence-corrected chi connectivity index (χ0v) is 19.5. The van der Waals surface area contributed by atoms with Crippen molar-refractivity contribution in [1.82, 2.24) is 20.2 Å². The zero-order valence-electron chi connectivity index (χ0n) is 19.5. The highest BCUT2D eigenvalue weighted by Gasteiger charge is 2.10. The van der Waals surface area contributed by atoms with Crippen LogP contribution in [0.1, 0.15) is 35.2 Å². The van der Waals surface area contributed by atoms with Crippen LogP contribution in [0.5, 0.6) is 0 Å². The van der Waals surface area contributed by atoms with Gasteiger partial charge in [-0.25, -0.2) is 4.98 Å². The van der Waals surface area contributed by atoms with Gasteiger partial charge in [0.25, 0.3) is 0 Å².